The fourth-order valence-electron chi connectivity index (χ4n) is 1.19. The molecule has 0 aliphatic carbocycles. The Kier molecular flexibility index (Phi) is 5.26. The first-order valence-corrected chi connectivity index (χ1v) is 5.33. The van der Waals surface area contributed by atoms with Crippen molar-refractivity contribution in [2.75, 3.05) is 13.2 Å². The van der Waals surface area contributed by atoms with Gasteiger partial charge in [-0.25, -0.2) is 0 Å². The average Bonchev–Trinajstić information content (AvgIpc) is 2.33. The number of carbonyl (C=O) groups is 2. The van der Waals surface area contributed by atoms with Gasteiger partial charge < -0.3 is 15.8 Å². The minimum atomic E-state index is -0.545. The van der Waals surface area contributed by atoms with Crippen LogP contribution in [0.15, 0.2) is 24.3 Å². The third kappa shape index (κ3) is 4.58. The summed E-state index contributed by atoms with van der Waals surface area (Å²) in [6.45, 7) is 1.82. The molecule has 5 nitrogen and oxygen atoms in total. The highest BCUT2D eigenvalue weighted by molar-refractivity contribution is 5.95. The third-order valence-electron chi connectivity index (χ3n) is 2.00. The molecule has 0 radical (unpaired) electrons. The zero-order chi connectivity index (χ0) is 13.4. The number of primary amides is 1. The van der Waals surface area contributed by atoms with Crippen LogP contribution in [0.1, 0.15) is 17.3 Å². The molecule has 0 aliphatic heterocycles. The number of nitrogens with one attached hydrogen (secondary N) is 1. The summed E-state index contributed by atoms with van der Waals surface area (Å²) in [5, 5.41) is 2.53. The summed E-state index contributed by atoms with van der Waals surface area (Å²) in [7, 11) is 0. The molecule has 0 atom stereocenters. The molecule has 1 aromatic carbocycles. The predicted molar refractivity (Wildman–Crippen MR) is 66.9 cm³/mol. The molecule has 0 unspecified atom stereocenters. The van der Waals surface area contributed by atoms with Crippen molar-refractivity contribution in [2.45, 2.75) is 6.92 Å². The normalized spacial score (nSPS) is 8.94. The molecule has 0 saturated heterocycles. The maximum absolute atomic E-state index is 11.1. The van der Waals surface area contributed by atoms with Crippen LogP contribution < -0.4 is 15.8 Å². The molecule has 0 aromatic heterocycles. The topological polar surface area (TPSA) is 81.4 Å². The zero-order valence-corrected chi connectivity index (χ0v) is 10.0. The number of rotatable bonds is 4. The van der Waals surface area contributed by atoms with Gasteiger partial charge in [0.05, 0.1) is 12.1 Å². The summed E-state index contributed by atoms with van der Waals surface area (Å²) in [6, 6.07) is 6.68. The minimum Gasteiger partial charge on any atom is -0.480 e. The van der Waals surface area contributed by atoms with E-state index in [9.17, 15) is 9.59 Å². The lowest BCUT2D eigenvalue weighted by atomic mass is 10.2. The number of ether oxygens (including phenoxy) is 1. The Morgan fingerprint density at radius 2 is 2.06 bits per heavy atom. The van der Waals surface area contributed by atoms with Crippen molar-refractivity contribution in [3.63, 3.8) is 0 Å². The molecule has 1 aromatic rings. The Balaban J connectivity index is 2.49. The summed E-state index contributed by atoms with van der Waals surface area (Å²) < 4.78 is 5.32. The number of nitrogens with two attached hydrogens (primary N) is 1. The summed E-state index contributed by atoms with van der Waals surface area (Å²) in [4.78, 5) is 21.6. The van der Waals surface area contributed by atoms with Gasteiger partial charge in [-0.1, -0.05) is 24.0 Å². The van der Waals surface area contributed by atoms with E-state index >= 15 is 0 Å². The van der Waals surface area contributed by atoms with Crippen LogP contribution in [0.2, 0.25) is 0 Å². The van der Waals surface area contributed by atoms with Gasteiger partial charge in [-0.3, -0.25) is 9.59 Å². The number of hydrogen-bond acceptors (Lipinski definition) is 3. The van der Waals surface area contributed by atoms with E-state index in [1.165, 1.54) is 6.92 Å². The minimum absolute atomic E-state index is 0.129. The van der Waals surface area contributed by atoms with Crippen molar-refractivity contribution in [2.24, 2.45) is 5.73 Å². The molecule has 0 spiro atoms. The summed E-state index contributed by atoms with van der Waals surface area (Å²) >= 11 is 0. The first-order valence-electron chi connectivity index (χ1n) is 5.33. The van der Waals surface area contributed by atoms with E-state index in [1.807, 2.05) is 0 Å². The molecular formula is C13H14N2O3. The van der Waals surface area contributed by atoms with Gasteiger partial charge in [0, 0.05) is 6.92 Å². The van der Waals surface area contributed by atoms with E-state index in [-0.39, 0.29) is 19.1 Å². The lowest BCUT2D eigenvalue weighted by molar-refractivity contribution is -0.118. The monoisotopic (exact) mass is 246 g/mol. The molecule has 1 rings (SSSR count). The van der Waals surface area contributed by atoms with Gasteiger partial charge in [0.1, 0.15) is 12.4 Å². The summed E-state index contributed by atoms with van der Waals surface area (Å²) in [5.41, 5.74) is 5.52. The van der Waals surface area contributed by atoms with Crippen molar-refractivity contribution in [1.29, 1.82) is 0 Å². The number of para-hydroxylation sites is 1. The van der Waals surface area contributed by atoms with E-state index < -0.39 is 5.91 Å². The molecule has 0 heterocycles. The molecule has 2 amide bonds. The molecule has 0 fully saturated rings. The Morgan fingerprint density at radius 1 is 1.33 bits per heavy atom. The number of carbonyl (C=O) groups excluding carboxylic acids is 2. The standard InChI is InChI=1S/C13H14N2O3/c1-10(16)15-8-4-5-9-18-12-7-3-2-6-11(12)13(14)17/h2-3,6-7H,8-9H2,1H3,(H2,14,17)(H,15,16). The van der Waals surface area contributed by atoms with Crippen molar-refractivity contribution in [3.05, 3.63) is 29.8 Å². The van der Waals surface area contributed by atoms with Gasteiger partial charge in [0.2, 0.25) is 5.91 Å². The Hall–Kier alpha value is -2.48. The zero-order valence-electron chi connectivity index (χ0n) is 10.0. The first kappa shape index (κ1) is 13.6. The van der Waals surface area contributed by atoms with Gasteiger partial charge in [-0.2, -0.15) is 0 Å². The molecule has 94 valence electrons. The van der Waals surface area contributed by atoms with Gasteiger partial charge in [0.25, 0.3) is 5.91 Å². The third-order valence-corrected chi connectivity index (χ3v) is 2.00. The summed E-state index contributed by atoms with van der Waals surface area (Å²) in [6.07, 6.45) is 0. The van der Waals surface area contributed by atoms with Crippen molar-refractivity contribution in [3.8, 4) is 17.6 Å². The van der Waals surface area contributed by atoms with Crippen LogP contribution in [-0.4, -0.2) is 25.0 Å². The van der Waals surface area contributed by atoms with E-state index in [0.29, 0.717) is 11.3 Å². The van der Waals surface area contributed by atoms with Gasteiger partial charge in [0.15, 0.2) is 0 Å². The second kappa shape index (κ2) is 6.97. The maximum Gasteiger partial charge on any atom is 0.252 e. The van der Waals surface area contributed by atoms with Crippen LogP contribution in [0, 0.1) is 11.8 Å². The van der Waals surface area contributed by atoms with E-state index in [2.05, 4.69) is 17.2 Å². The van der Waals surface area contributed by atoms with Gasteiger partial charge in [-0.15, -0.1) is 0 Å². The second-order valence-electron chi connectivity index (χ2n) is 3.41. The molecule has 0 saturated carbocycles. The fraction of sp³-hybridized carbons (Fsp3) is 0.231. The number of amides is 2. The molecule has 0 bridgehead atoms. The lowest BCUT2D eigenvalue weighted by Crippen LogP contribution is -2.19. The van der Waals surface area contributed by atoms with Crippen LogP contribution in [0.5, 0.6) is 5.75 Å². The van der Waals surface area contributed by atoms with E-state index in [1.54, 1.807) is 24.3 Å². The maximum atomic E-state index is 11.1. The highest BCUT2D eigenvalue weighted by Crippen LogP contribution is 2.16. The Bertz CT molecular complexity index is 500. The van der Waals surface area contributed by atoms with Crippen LogP contribution in [-0.2, 0) is 4.79 Å². The second-order valence-corrected chi connectivity index (χ2v) is 3.41. The Morgan fingerprint density at radius 3 is 2.72 bits per heavy atom. The van der Waals surface area contributed by atoms with Crippen LogP contribution >= 0.6 is 0 Å². The van der Waals surface area contributed by atoms with Crippen molar-refractivity contribution >= 4 is 11.8 Å². The van der Waals surface area contributed by atoms with Crippen molar-refractivity contribution < 1.29 is 14.3 Å². The highest BCUT2D eigenvalue weighted by atomic mass is 16.5. The SMILES string of the molecule is CC(=O)NCC#CCOc1ccccc1C(N)=O. The smallest absolute Gasteiger partial charge is 0.252 e. The molecule has 3 N–H and O–H groups in total. The van der Waals surface area contributed by atoms with Crippen molar-refractivity contribution in [1.82, 2.24) is 5.32 Å². The quantitative estimate of drug-likeness (QED) is 0.750. The highest BCUT2D eigenvalue weighted by Gasteiger charge is 2.06. The molecule has 0 aliphatic rings. The predicted octanol–water partition coefficient (Wildman–Crippen LogP) is 0.304. The Labute approximate surface area is 105 Å². The van der Waals surface area contributed by atoms with Gasteiger partial charge in [-0.05, 0) is 12.1 Å². The summed E-state index contributed by atoms with van der Waals surface area (Å²) in [5.74, 6) is 5.15. The number of benzene rings is 1. The largest absolute Gasteiger partial charge is 0.480 e. The van der Waals surface area contributed by atoms with Gasteiger partial charge >= 0.3 is 0 Å². The van der Waals surface area contributed by atoms with Crippen LogP contribution in [0.3, 0.4) is 0 Å². The van der Waals surface area contributed by atoms with E-state index in [0.717, 1.165) is 0 Å². The van der Waals surface area contributed by atoms with E-state index in [4.69, 9.17) is 10.5 Å². The fourth-order valence-corrected chi connectivity index (χ4v) is 1.19. The first-order chi connectivity index (χ1) is 8.61. The molecule has 18 heavy (non-hydrogen) atoms. The number of hydrogen-bond donors (Lipinski definition) is 2. The van der Waals surface area contributed by atoms with Crippen LogP contribution in [0.4, 0.5) is 0 Å². The molecule has 5 heteroatoms. The molecular weight excluding hydrogens is 232 g/mol. The average molecular weight is 246 g/mol. The van der Waals surface area contributed by atoms with Crippen LogP contribution in [0.25, 0.3) is 0 Å². The lowest BCUT2D eigenvalue weighted by Gasteiger charge is -2.05.